The topological polar surface area (TPSA) is 89.3 Å². The first-order chi connectivity index (χ1) is 8.00. The number of carbonyl (C=O) groups excluding carboxylic acids is 1. The van der Waals surface area contributed by atoms with E-state index in [1.165, 1.54) is 6.92 Å². The van der Waals surface area contributed by atoms with E-state index in [0.717, 1.165) is 0 Å². The highest BCUT2D eigenvalue weighted by molar-refractivity contribution is 7.90. The average molecular weight is 256 g/mol. The van der Waals surface area contributed by atoms with Crippen LogP contribution in [0.15, 0.2) is 30.3 Å². The highest BCUT2D eigenvalue weighted by Crippen LogP contribution is 2.14. The van der Waals surface area contributed by atoms with Crippen molar-refractivity contribution in [3.8, 4) is 0 Å². The summed E-state index contributed by atoms with van der Waals surface area (Å²) in [7, 11) is -3.54. The van der Waals surface area contributed by atoms with Gasteiger partial charge in [0.05, 0.1) is 11.7 Å². The zero-order chi connectivity index (χ0) is 12.9. The van der Waals surface area contributed by atoms with Crippen molar-refractivity contribution >= 4 is 15.9 Å². The number of carbonyl (C=O) groups is 1. The van der Waals surface area contributed by atoms with Crippen LogP contribution in [0.3, 0.4) is 0 Å². The van der Waals surface area contributed by atoms with Crippen LogP contribution in [0.2, 0.25) is 0 Å². The summed E-state index contributed by atoms with van der Waals surface area (Å²) < 4.78 is 24.6. The Bertz CT molecular complexity index is 471. The number of nitrogens with one attached hydrogen (secondary N) is 1. The van der Waals surface area contributed by atoms with E-state index in [9.17, 15) is 13.2 Å². The maximum Gasteiger partial charge on any atom is 0.242 e. The van der Waals surface area contributed by atoms with Gasteiger partial charge in [-0.3, -0.25) is 9.52 Å². The summed E-state index contributed by atoms with van der Waals surface area (Å²) in [5.74, 6) is -1.36. The maximum absolute atomic E-state index is 11.8. The molecule has 0 aliphatic rings. The largest absolute Gasteiger partial charge is 0.329 e. The molecule has 0 bridgehead atoms. The maximum atomic E-state index is 11.8. The molecule has 1 aromatic rings. The molecule has 0 spiro atoms. The highest BCUT2D eigenvalue weighted by Gasteiger charge is 2.22. The Labute approximate surface area is 101 Å². The van der Waals surface area contributed by atoms with Gasteiger partial charge in [-0.05, 0) is 12.5 Å². The smallest absolute Gasteiger partial charge is 0.242 e. The lowest BCUT2D eigenvalue weighted by Crippen LogP contribution is -2.38. The molecule has 1 atom stereocenters. The molecular formula is C11H16N2O3S. The van der Waals surface area contributed by atoms with E-state index in [1.54, 1.807) is 24.3 Å². The van der Waals surface area contributed by atoms with Crippen molar-refractivity contribution in [2.24, 2.45) is 5.73 Å². The molecule has 5 nitrogen and oxygen atoms in total. The molecule has 0 saturated carbocycles. The molecule has 1 aromatic carbocycles. The minimum absolute atomic E-state index is 0.0646. The number of hydrogen-bond acceptors (Lipinski definition) is 4. The third-order valence-corrected chi connectivity index (χ3v) is 3.66. The van der Waals surface area contributed by atoms with Gasteiger partial charge in [-0.15, -0.1) is 0 Å². The van der Waals surface area contributed by atoms with Crippen LogP contribution in [-0.2, 0) is 14.8 Å². The van der Waals surface area contributed by atoms with E-state index in [0.29, 0.717) is 5.56 Å². The summed E-state index contributed by atoms with van der Waals surface area (Å²) in [5, 5.41) is 0. The van der Waals surface area contributed by atoms with Gasteiger partial charge in [-0.25, -0.2) is 8.42 Å². The minimum Gasteiger partial charge on any atom is -0.329 e. The third kappa shape index (κ3) is 3.83. The standard InChI is InChI=1S/C11H16N2O3S/c1-2-17(15,16)13-11(14)10(8-12)9-6-4-3-5-7-9/h3-7,10H,2,8,12H2,1H3,(H,13,14). The fourth-order valence-electron chi connectivity index (χ4n) is 1.38. The quantitative estimate of drug-likeness (QED) is 0.787. The van der Waals surface area contributed by atoms with Crippen molar-refractivity contribution in [3.05, 3.63) is 35.9 Å². The Morgan fingerprint density at radius 3 is 2.41 bits per heavy atom. The van der Waals surface area contributed by atoms with Gasteiger partial charge < -0.3 is 5.73 Å². The number of benzene rings is 1. The lowest BCUT2D eigenvalue weighted by molar-refractivity contribution is -0.120. The molecule has 3 N–H and O–H groups in total. The minimum atomic E-state index is -3.54. The summed E-state index contributed by atoms with van der Waals surface area (Å²) in [5.41, 5.74) is 6.22. The highest BCUT2D eigenvalue weighted by atomic mass is 32.2. The SMILES string of the molecule is CCS(=O)(=O)NC(=O)C(CN)c1ccccc1. The second kappa shape index (κ2) is 5.79. The van der Waals surface area contributed by atoms with E-state index in [4.69, 9.17) is 5.73 Å². The van der Waals surface area contributed by atoms with Gasteiger partial charge in [-0.2, -0.15) is 0 Å². The van der Waals surface area contributed by atoms with Gasteiger partial charge in [-0.1, -0.05) is 30.3 Å². The van der Waals surface area contributed by atoms with Crippen LogP contribution < -0.4 is 10.5 Å². The molecule has 0 aliphatic carbocycles. The molecule has 0 heterocycles. The summed E-state index contributed by atoms with van der Waals surface area (Å²) in [6.45, 7) is 1.53. The van der Waals surface area contributed by atoms with E-state index in [1.807, 2.05) is 10.8 Å². The van der Waals surface area contributed by atoms with Gasteiger partial charge >= 0.3 is 0 Å². The van der Waals surface area contributed by atoms with Gasteiger partial charge in [0, 0.05) is 6.54 Å². The van der Waals surface area contributed by atoms with E-state index in [2.05, 4.69) is 0 Å². The summed E-state index contributed by atoms with van der Waals surface area (Å²) >= 11 is 0. The Balaban J connectivity index is 2.86. The van der Waals surface area contributed by atoms with Crippen LogP contribution in [0, 0.1) is 0 Å². The van der Waals surface area contributed by atoms with Crippen LogP contribution in [0.25, 0.3) is 0 Å². The average Bonchev–Trinajstić information content (AvgIpc) is 2.31. The monoisotopic (exact) mass is 256 g/mol. The normalized spacial score (nSPS) is 13.1. The first-order valence-corrected chi connectivity index (χ1v) is 6.94. The first kappa shape index (κ1) is 13.7. The van der Waals surface area contributed by atoms with Crippen molar-refractivity contribution in [3.63, 3.8) is 0 Å². The van der Waals surface area contributed by atoms with E-state index < -0.39 is 21.8 Å². The second-order valence-electron chi connectivity index (χ2n) is 3.57. The summed E-state index contributed by atoms with van der Waals surface area (Å²) in [6.07, 6.45) is 0. The Hall–Kier alpha value is -1.40. The number of amides is 1. The van der Waals surface area contributed by atoms with Crippen molar-refractivity contribution < 1.29 is 13.2 Å². The predicted molar refractivity (Wildman–Crippen MR) is 65.8 cm³/mol. The molecule has 0 fully saturated rings. The molecule has 1 amide bonds. The van der Waals surface area contributed by atoms with Crippen molar-refractivity contribution in [2.75, 3.05) is 12.3 Å². The van der Waals surface area contributed by atoms with Crippen LogP contribution >= 0.6 is 0 Å². The molecule has 1 unspecified atom stereocenters. The summed E-state index contributed by atoms with van der Waals surface area (Å²) in [6, 6.07) is 8.86. The molecule has 0 radical (unpaired) electrons. The van der Waals surface area contributed by atoms with E-state index >= 15 is 0 Å². The van der Waals surface area contributed by atoms with Crippen LogP contribution in [0.4, 0.5) is 0 Å². The zero-order valence-corrected chi connectivity index (χ0v) is 10.4. The molecule has 94 valence electrons. The van der Waals surface area contributed by atoms with Crippen LogP contribution in [-0.4, -0.2) is 26.6 Å². The lowest BCUT2D eigenvalue weighted by Gasteiger charge is -2.14. The fraction of sp³-hybridized carbons (Fsp3) is 0.364. The number of rotatable bonds is 5. The van der Waals surface area contributed by atoms with E-state index in [-0.39, 0.29) is 12.3 Å². The number of sulfonamides is 1. The second-order valence-corrected chi connectivity index (χ2v) is 5.58. The molecule has 6 heteroatoms. The molecule has 0 aliphatic heterocycles. The molecule has 17 heavy (non-hydrogen) atoms. The third-order valence-electron chi connectivity index (χ3n) is 2.39. The number of hydrogen-bond donors (Lipinski definition) is 2. The first-order valence-electron chi connectivity index (χ1n) is 5.29. The molecular weight excluding hydrogens is 240 g/mol. The van der Waals surface area contributed by atoms with Crippen molar-refractivity contribution in [1.29, 1.82) is 0 Å². The van der Waals surface area contributed by atoms with Crippen LogP contribution in [0.5, 0.6) is 0 Å². The van der Waals surface area contributed by atoms with Gasteiger partial charge in [0.2, 0.25) is 15.9 Å². The number of nitrogens with two attached hydrogens (primary N) is 1. The lowest BCUT2D eigenvalue weighted by atomic mass is 9.99. The Morgan fingerprint density at radius 2 is 1.94 bits per heavy atom. The fourth-order valence-corrected chi connectivity index (χ4v) is 1.97. The Morgan fingerprint density at radius 1 is 1.35 bits per heavy atom. The molecule has 1 rings (SSSR count). The Kier molecular flexibility index (Phi) is 4.65. The van der Waals surface area contributed by atoms with Gasteiger partial charge in [0.1, 0.15) is 0 Å². The van der Waals surface area contributed by atoms with Gasteiger partial charge in [0.25, 0.3) is 0 Å². The zero-order valence-electron chi connectivity index (χ0n) is 9.59. The summed E-state index contributed by atoms with van der Waals surface area (Å²) in [4.78, 5) is 11.8. The van der Waals surface area contributed by atoms with Crippen molar-refractivity contribution in [1.82, 2.24) is 4.72 Å². The van der Waals surface area contributed by atoms with Crippen LogP contribution in [0.1, 0.15) is 18.4 Å². The molecule has 0 saturated heterocycles. The van der Waals surface area contributed by atoms with Crippen molar-refractivity contribution in [2.45, 2.75) is 12.8 Å². The predicted octanol–water partition coefficient (Wildman–Crippen LogP) is 0.195. The van der Waals surface area contributed by atoms with Gasteiger partial charge in [0.15, 0.2) is 0 Å². The molecule has 0 aromatic heterocycles.